The quantitative estimate of drug-likeness (QED) is 0.785. The van der Waals surface area contributed by atoms with Crippen LogP contribution in [0, 0.1) is 5.92 Å². The van der Waals surface area contributed by atoms with Crippen molar-refractivity contribution in [3.63, 3.8) is 0 Å². The van der Waals surface area contributed by atoms with Crippen molar-refractivity contribution in [1.29, 1.82) is 0 Å². The molecular weight excluding hydrogens is 240 g/mol. The summed E-state index contributed by atoms with van der Waals surface area (Å²) in [6, 6.07) is 11.3. The minimum absolute atomic E-state index is 0.106. The van der Waals surface area contributed by atoms with E-state index in [0.29, 0.717) is 5.92 Å². The molecule has 3 heteroatoms. The molecule has 98 valence electrons. The van der Waals surface area contributed by atoms with Gasteiger partial charge in [0.15, 0.2) is 8.32 Å². The lowest BCUT2D eigenvalue weighted by atomic mass is 9.84. The molecule has 18 heavy (non-hydrogen) atoms. The molecule has 0 aromatic heterocycles. The van der Waals surface area contributed by atoms with Crippen molar-refractivity contribution in [1.82, 2.24) is 0 Å². The van der Waals surface area contributed by atoms with Gasteiger partial charge >= 0.3 is 0 Å². The van der Waals surface area contributed by atoms with E-state index in [1.165, 1.54) is 5.56 Å². The number of rotatable bonds is 1. The Bertz CT molecular complexity index is 431. The van der Waals surface area contributed by atoms with Crippen LogP contribution in [-0.4, -0.2) is 19.0 Å². The molecule has 1 saturated carbocycles. The van der Waals surface area contributed by atoms with Gasteiger partial charge in [-0.25, -0.2) is 0 Å². The van der Waals surface area contributed by atoms with E-state index >= 15 is 0 Å². The van der Waals surface area contributed by atoms with Crippen LogP contribution in [0.1, 0.15) is 30.9 Å². The molecular formula is C15H22O2Si. The molecule has 0 radical (unpaired) electrons. The summed E-state index contributed by atoms with van der Waals surface area (Å²) in [6.45, 7) is 4.46. The molecule has 1 aliphatic carbocycles. The molecule has 1 heterocycles. The third kappa shape index (κ3) is 2.04. The molecule has 3 rings (SSSR count). The Morgan fingerprint density at radius 2 is 2.00 bits per heavy atom. The van der Waals surface area contributed by atoms with Gasteiger partial charge in [-0.3, -0.25) is 0 Å². The van der Waals surface area contributed by atoms with Crippen molar-refractivity contribution in [2.24, 2.45) is 5.92 Å². The molecule has 0 amide bonds. The third-order valence-electron chi connectivity index (χ3n) is 4.49. The number of hydrogen-bond acceptors (Lipinski definition) is 2. The second-order valence-electron chi connectivity index (χ2n) is 6.49. The van der Waals surface area contributed by atoms with E-state index in [9.17, 15) is 5.11 Å². The molecule has 1 aromatic carbocycles. The van der Waals surface area contributed by atoms with Crippen LogP contribution in [0.5, 0.6) is 0 Å². The monoisotopic (exact) mass is 262 g/mol. The molecule has 1 N–H and O–H groups in total. The topological polar surface area (TPSA) is 29.5 Å². The summed E-state index contributed by atoms with van der Waals surface area (Å²) in [5.41, 5.74) is 0.775. The lowest BCUT2D eigenvalue weighted by Crippen LogP contribution is -2.53. The van der Waals surface area contributed by atoms with E-state index in [1.807, 2.05) is 6.07 Å². The predicted molar refractivity (Wildman–Crippen MR) is 74.8 cm³/mol. The summed E-state index contributed by atoms with van der Waals surface area (Å²) in [6.07, 6.45) is 3.30. The summed E-state index contributed by atoms with van der Waals surface area (Å²) < 4.78 is 6.42. The zero-order valence-corrected chi connectivity index (χ0v) is 12.2. The summed E-state index contributed by atoms with van der Waals surface area (Å²) >= 11 is 0. The maximum atomic E-state index is 10.9. The van der Waals surface area contributed by atoms with Crippen molar-refractivity contribution in [2.45, 2.75) is 50.1 Å². The summed E-state index contributed by atoms with van der Waals surface area (Å²) in [5.74, 6) is 0.292. The first-order valence-corrected chi connectivity index (χ1v) is 10.1. The first kappa shape index (κ1) is 12.4. The SMILES string of the molecule is C[Si]1(C)C[C@@]2(O)CCC[C@@H]2[C@H](c2ccccc2)O1. The van der Waals surface area contributed by atoms with Crippen LogP contribution >= 0.6 is 0 Å². The Morgan fingerprint density at radius 3 is 2.72 bits per heavy atom. The zero-order valence-electron chi connectivity index (χ0n) is 11.2. The average molecular weight is 262 g/mol. The van der Waals surface area contributed by atoms with Gasteiger partial charge in [-0.1, -0.05) is 36.8 Å². The molecule has 3 atom stereocenters. The smallest absolute Gasteiger partial charge is 0.190 e. The molecule has 0 bridgehead atoms. The van der Waals surface area contributed by atoms with Gasteiger partial charge in [0, 0.05) is 5.92 Å². The molecule has 0 spiro atoms. The van der Waals surface area contributed by atoms with Gasteiger partial charge in [0.05, 0.1) is 11.7 Å². The first-order valence-electron chi connectivity index (χ1n) is 6.95. The van der Waals surface area contributed by atoms with Gasteiger partial charge in [0.2, 0.25) is 0 Å². The third-order valence-corrected chi connectivity index (χ3v) is 6.84. The molecule has 1 saturated heterocycles. The van der Waals surface area contributed by atoms with Gasteiger partial charge in [-0.2, -0.15) is 0 Å². The molecule has 2 nitrogen and oxygen atoms in total. The van der Waals surface area contributed by atoms with Gasteiger partial charge in [0.25, 0.3) is 0 Å². The Balaban J connectivity index is 1.97. The van der Waals surface area contributed by atoms with Crippen LogP contribution in [0.3, 0.4) is 0 Å². The van der Waals surface area contributed by atoms with E-state index in [4.69, 9.17) is 4.43 Å². The maximum absolute atomic E-state index is 10.9. The first-order chi connectivity index (χ1) is 8.50. The number of benzene rings is 1. The van der Waals surface area contributed by atoms with Gasteiger partial charge in [-0.05, 0) is 37.5 Å². The summed E-state index contributed by atoms with van der Waals surface area (Å²) in [7, 11) is -1.74. The average Bonchev–Trinajstić information content (AvgIpc) is 2.68. The minimum Gasteiger partial charge on any atom is -0.410 e. The summed E-state index contributed by atoms with van der Waals surface area (Å²) in [5, 5.41) is 10.9. The standard InChI is InChI=1S/C15H22O2Si/c1-18(2)11-15(16)10-6-9-13(15)14(17-18)12-7-4-3-5-8-12/h3-5,7-8,13-14,16H,6,9-11H2,1-2H3/t13-,14+,15+/m1/s1. The van der Waals surface area contributed by atoms with Crippen LogP contribution in [-0.2, 0) is 4.43 Å². The highest BCUT2D eigenvalue weighted by molar-refractivity contribution is 6.71. The second-order valence-corrected chi connectivity index (χ2v) is 10.6. The van der Waals surface area contributed by atoms with E-state index in [0.717, 1.165) is 25.3 Å². The van der Waals surface area contributed by atoms with Gasteiger partial charge in [0.1, 0.15) is 0 Å². The van der Waals surface area contributed by atoms with E-state index < -0.39 is 13.9 Å². The number of aliphatic hydroxyl groups is 1. The Hall–Kier alpha value is -0.643. The fourth-order valence-electron chi connectivity index (χ4n) is 3.88. The van der Waals surface area contributed by atoms with Crippen LogP contribution in [0.25, 0.3) is 0 Å². The Kier molecular flexibility index (Phi) is 2.88. The molecule has 0 unspecified atom stereocenters. The molecule has 2 aliphatic rings. The Labute approximate surface area is 110 Å². The van der Waals surface area contributed by atoms with Gasteiger partial charge in [-0.15, -0.1) is 0 Å². The number of hydrogen-bond donors (Lipinski definition) is 1. The minimum atomic E-state index is -1.74. The molecule has 2 fully saturated rings. The highest BCUT2D eigenvalue weighted by Crippen LogP contribution is 2.53. The van der Waals surface area contributed by atoms with Crippen molar-refractivity contribution < 1.29 is 9.53 Å². The van der Waals surface area contributed by atoms with Crippen molar-refractivity contribution in [3.05, 3.63) is 35.9 Å². The van der Waals surface area contributed by atoms with Crippen LogP contribution < -0.4 is 0 Å². The van der Waals surface area contributed by atoms with Crippen LogP contribution in [0.4, 0.5) is 0 Å². The highest BCUT2D eigenvalue weighted by atomic mass is 28.4. The van der Waals surface area contributed by atoms with E-state index in [-0.39, 0.29) is 6.10 Å². The summed E-state index contributed by atoms with van der Waals surface area (Å²) in [4.78, 5) is 0. The Morgan fingerprint density at radius 1 is 1.28 bits per heavy atom. The fourth-order valence-corrected chi connectivity index (χ4v) is 6.87. The van der Waals surface area contributed by atoms with Crippen molar-refractivity contribution in [2.75, 3.05) is 0 Å². The molecule has 1 aliphatic heterocycles. The van der Waals surface area contributed by atoms with E-state index in [1.54, 1.807) is 0 Å². The number of fused-ring (bicyclic) bond motifs is 1. The van der Waals surface area contributed by atoms with Gasteiger partial charge < -0.3 is 9.53 Å². The largest absolute Gasteiger partial charge is 0.410 e. The predicted octanol–water partition coefficient (Wildman–Crippen LogP) is 3.49. The van der Waals surface area contributed by atoms with E-state index in [2.05, 4.69) is 37.4 Å². The van der Waals surface area contributed by atoms with Crippen LogP contribution in [0.15, 0.2) is 30.3 Å². The zero-order chi connectivity index (χ0) is 12.8. The lowest BCUT2D eigenvalue weighted by Gasteiger charge is -2.47. The second kappa shape index (κ2) is 4.19. The van der Waals surface area contributed by atoms with Crippen LogP contribution in [0.2, 0.25) is 19.1 Å². The highest BCUT2D eigenvalue weighted by Gasteiger charge is 2.54. The molecule has 1 aromatic rings. The normalized spacial score (nSPS) is 38.4. The lowest BCUT2D eigenvalue weighted by molar-refractivity contribution is -0.0599. The maximum Gasteiger partial charge on any atom is 0.190 e. The van der Waals surface area contributed by atoms with Crippen molar-refractivity contribution >= 4 is 8.32 Å². The fraction of sp³-hybridized carbons (Fsp3) is 0.600. The van der Waals surface area contributed by atoms with Crippen molar-refractivity contribution in [3.8, 4) is 0 Å².